The van der Waals surface area contributed by atoms with Crippen molar-refractivity contribution in [2.45, 2.75) is 168 Å². The molecule has 0 aromatic carbocycles. The summed E-state index contributed by atoms with van der Waals surface area (Å²) in [6.07, 6.45) is 45.0. The van der Waals surface area contributed by atoms with Crippen LogP contribution in [0.5, 0.6) is 0 Å². The van der Waals surface area contributed by atoms with Crippen molar-refractivity contribution in [2.75, 3.05) is 13.2 Å². The Morgan fingerprint density at radius 3 is 1.41 bits per heavy atom. The predicted molar refractivity (Wildman–Crippen MR) is 205 cm³/mol. The van der Waals surface area contributed by atoms with E-state index in [2.05, 4.69) is 81.5 Å². The monoisotopic (exact) mass is 683 g/mol. The number of ether oxygens (including phenoxy) is 3. The molecule has 0 amide bonds. The SMILES string of the molecule is CC/C=C\C/C=C\C/C=C\CCCC(=O)OCC(COC(=O)C/C=C\C/C=C\C/C=C\CC)OC(=O)CCCCCCCCCCCCC. The molecule has 6 heteroatoms. The lowest BCUT2D eigenvalue weighted by molar-refractivity contribution is -0.166. The molecule has 6 nitrogen and oxygen atoms in total. The van der Waals surface area contributed by atoms with Gasteiger partial charge >= 0.3 is 17.9 Å². The van der Waals surface area contributed by atoms with Gasteiger partial charge in [0.15, 0.2) is 6.10 Å². The summed E-state index contributed by atoms with van der Waals surface area (Å²) in [5, 5.41) is 0. The van der Waals surface area contributed by atoms with E-state index in [0.717, 1.165) is 64.2 Å². The lowest BCUT2D eigenvalue weighted by Crippen LogP contribution is -2.30. The van der Waals surface area contributed by atoms with Gasteiger partial charge in [-0.2, -0.15) is 0 Å². The van der Waals surface area contributed by atoms with E-state index in [1.54, 1.807) is 6.08 Å². The van der Waals surface area contributed by atoms with Gasteiger partial charge in [-0.25, -0.2) is 0 Å². The molecule has 0 aromatic rings. The average molecular weight is 683 g/mol. The minimum absolute atomic E-state index is 0.127. The molecule has 0 radical (unpaired) electrons. The van der Waals surface area contributed by atoms with Crippen LogP contribution in [0.3, 0.4) is 0 Å². The highest BCUT2D eigenvalue weighted by Crippen LogP contribution is 2.13. The number of unbranched alkanes of at least 4 members (excludes halogenated alkanes) is 11. The minimum Gasteiger partial charge on any atom is -0.462 e. The molecule has 0 bridgehead atoms. The lowest BCUT2D eigenvalue weighted by atomic mass is 10.1. The Morgan fingerprint density at radius 2 is 0.878 bits per heavy atom. The fourth-order valence-electron chi connectivity index (χ4n) is 4.88. The van der Waals surface area contributed by atoms with Crippen molar-refractivity contribution >= 4 is 17.9 Å². The summed E-state index contributed by atoms with van der Waals surface area (Å²) in [5.74, 6) is -1.12. The normalized spacial score (nSPS) is 12.8. The summed E-state index contributed by atoms with van der Waals surface area (Å²) in [4.78, 5) is 37.3. The predicted octanol–water partition coefficient (Wildman–Crippen LogP) is 12.0. The van der Waals surface area contributed by atoms with Gasteiger partial charge < -0.3 is 14.2 Å². The molecule has 278 valence electrons. The van der Waals surface area contributed by atoms with Crippen LogP contribution in [0.25, 0.3) is 0 Å². The average Bonchev–Trinajstić information content (AvgIpc) is 3.10. The quantitative estimate of drug-likeness (QED) is 0.0297. The zero-order valence-electron chi connectivity index (χ0n) is 31.4. The highest BCUT2D eigenvalue weighted by Gasteiger charge is 2.19. The van der Waals surface area contributed by atoms with E-state index in [9.17, 15) is 14.4 Å². The van der Waals surface area contributed by atoms with Crippen LogP contribution in [0.15, 0.2) is 72.9 Å². The van der Waals surface area contributed by atoms with Gasteiger partial charge in [-0.3, -0.25) is 14.4 Å². The first-order valence-electron chi connectivity index (χ1n) is 19.4. The Morgan fingerprint density at radius 1 is 0.449 bits per heavy atom. The maximum Gasteiger partial charge on any atom is 0.309 e. The van der Waals surface area contributed by atoms with Crippen molar-refractivity contribution in [3.63, 3.8) is 0 Å². The highest BCUT2D eigenvalue weighted by molar-refractivity contribution is 5.72. The zero-order valence-corrected chi connectivity index (χ0v) is 31.4. The Labute approximate surface area is 300 Å². The van der Waals surface area contributed by atoms with Crippen LogP contribution in [-0.4, -0.2) is 37.2 Å². The summed E-state index contributed by atoms with van der Waals surface area (Å²) in [6, 6.07) is 0. The van der Waals surface area contributed by atoms with Gasteiger partial charge in [-0.05, 0) is 57.8 Å². The molecule has 0 N–H and O–H groups in total. The molecule has 0 aliphatic heterocycles. The van der Waals surface area contributed by atoms with Crippen LogP contribution in [0, 0.1) is 0 Å². The van der Waals surface area contributed by atoms with Gasteiger partial charge in [0.1, 0.15) is 13.2 Å². The van der Waals surface area contributed by atoms with Crippen LogP contribution in [0.2, 0.25) is 0 Å². The van der Waals surface area contributed by atoms with Crippen molar-refractivity contribution in [1.82, 2.24) is 0 Å². The van der Waals surface area contributed by atoms with Gasteiger partial charge in [0.05, 0.1) is 6.42 Å². The third-order valence-corrected chi connectivity index (χ3v) is 7.74. The van der Waals surface area contributed by atoms with Gasteiger partial charge in [-0.15, -0.1) is 0 Å². The second-order valence-electron chi connectivity index (χ2n) is 12.4. The van der Waals surface area contributed by atoms with E-state index in [-0.39, 0.29) is 38.0 Å². The second-order valence-corrected chi connectivity index (χ2v) is 12.4. The Balaban J connectivity index is 4.55. The molecule has 0 saturated heterocycles. The minimum atomic E-state index is -0.824. The molecule has 0 aromatic heterocycles. The van der Waals surface area contributed by atoms with Gasteiger partial charge in [-0.1, -0.05) is 158 Å². The summed E-state index contributed by atoms with van der Waals surface area (Å²) >= 11 is 0. The number of hydrogen-bond donors (Lipinski definition) is 0. The summed E-state index contributed by atoms with van der Waals surface area (Å²) in [5.41, 5.74) is 0. The van der Waals surface area contributed by atoms with Crippen molar-refractivity contribution < 1.29 is 28.6 Å². The maximum atomic E-state index is 12.6. The topological polar surface area (TPSA) is 78.9 Å². The van der Waals surface area contributed by atoms with Crippen molar-refractivity contribution in [1.29, 1.82) is 0 Å². The summed E-state index contributed by atoms with van der Waals surface area (Å²) in [6.45, 7) is 6.20. The molecule has 49 heavy (non-hydrogen) atoms. The Hall–Kier alpha value is -3.15. The van der Waals surface area contributed by atoms with Crippen molar-refractivity contribution in [2.24, 2.45) is 0 Å². The summed E-state index contributed by atoms with van der Waals surface area (Å²) in [7, 11) is 0. The number of hydrogen-bond acceptors (Lipinski definition) is 6. The Kier molecular flexibility index (Phi) is 35.2. The highest BCUT2D eigenvalue weighted by atomic mass is 16.6. The van der Waals surface area contributed by atoms with Crippen molar-refractivity contribution in [3.05, 3.63) is 72.9 Å². The largest absolute Gasteiger partial charge is 0.462 e. The van der Waals surface area contributed by atoms with E-state index < -0.39 is 12.1 Å². The first-order chi connectivity index (χ1) is 24.0. The molecule has 0 saturated carbocycles. The molecule has 0 spiro atoms. The molecule has 0 aliphatic carbocycles. The molecular weight excluding hydrogens is 612 g/mol. The van der Waals surface area contributed by atoms with Gasteiger partial charge in [0.2, 0.25) is 0 Å². The Bertz CT molecular complexity index is 971. The van der Waals surface area contributed by atoms with E-state index in [1.807, 2.05) is 6.08 Å². The van der Waals surface area contributed by atoms with Crippen LogP contribution >= 0.6 is 0 Å². The fourth-order valence-corrected chi connectivity index (χ4v) is 4.88. The third kappa shape index (κ3) is 36.0. The number of esters is 3. The maximum absolute atomic E-state index is 12.6. The smallest absolute Gasteiger partial charge is 0.309 e. The fraction of sp³-hybridized carbons (Fsp3) is 0.651. The molecule has 0 aliphatic rings. The number of rotatable bonds is 33. The lowest BCUT2D eigenvalue weighted by Gasteiger charge is -2.18. The number of carbonyl (C=O) groups is 3. The van der Waals surface area contributed by atoms with E-state index in [1.165, 1.54) is 51.4 Å². The van der Waals surface area contributed by atoms with E-state index in [4.69, 9.17) is 14.2 Å². The van der Waals surface area contributed by atoms with Crippen molar-refractivity contribution in [3.8, 4) is 0 Å². The zero-order chi connectivity index (χ0) is 35.9. The molecule has 0 rings (SSSR count). The van der Waals surface area contributed by atoms with Crippen LogP contribution in [-0.2, 0) is 28.6 Å². The molecular formula is C43H70O6. The molecule has 0 heterocycles. The molecule has 0 fully saturated rings. The van der Waals surface area contributed by atoms with Gasteiger partial charge in [0, 0.05) is 12.8 Å². The molecule has 1 atom stereocenters. The van der Waals surface area contributed by atoms with Crippen LogP contribution in [0.1, 0.15) is 162 Å². The van der Waals surface area contributed by atoms with E-state index >= 15 is 0 Å². The van der Waals surface area contributed by atoms with Crippen LogP contribution in [0.4, 0.5) is 0 Å². The first kappa shape index (κ1) is 45.9. The van der Waals surface area contributed by atoms with E-state index in [0.29, 0.717) is 12.8 Å². The second kappa shape index (κ2) is 37.7. The third-order valence-electron chi connectivity index (χ3n) is 7.74. The standard InChI is InChI=1S/C43H70O6/c1-4-7-10-13-16-19-21-24-27-30-33-36-42(45)48-39-40(38-47-41(44)35-32-29-26-23-18-15-12-9-6-3)49-43(46)37-34-31-28-25-22-20-17-14-11-8-5-2/h7,9-10,12,16,18-19,23-24,27,29,32,40H,4-6,8,11,13-15,17,20-22,25-26,28,30-31,33-39H2,1-3H3/b10-7-,12-9-,19-16-,23-18-,27-24-,32-29-. The van der Waals surface area contributed by atoms with Gasteiger partial charge in [0.25, 0.3) is 0 Å². The number of carbonyl (C=O) groups excluding carboxylic acids is 3. The first-order valence-corrected chi connectivity index (χ1v) is 19.4. The summed E-state index contributed by atoms with van der Waals surface area (Å²) < 4.78 is 16.4. The molecule has 1 unspecified atom stereocenters. The number of allylic oxidation sites excluding steroid dienone is 11. The van der Waals surface area contributed by atoms with Crippen LogP contribution < -0.4 is 0 Å².